The van der Waals surface area contributed by atoms with Crippen molar-refractivity contribution >= 4 is 27.3 Å². The van der Waals surface area contributed by atoms with E-state index in [2.05, 4.69) is 10.0 Å². The minimum Gasteiger partial charge on any atom is -0.325 e. The molecule has 0 aliphatic carbocycles. The van der Waals surface area contributed by atoms with Crippen LogP contribution in [0.25, 0.3) is 0 Å². The van der Waals surface area contributed by atoms with E-state index < -0.39 is 15.4 Å². The molecular weight excluding hydrogens is 324 g/mol. The smallest absolute Gasteiger partial charge is 0.234 e. The van der Waals surface area contributed by atoms with Gasteiger partial charge in [-0.15, -0.1) is 0 Å². The molecule has 6 heteroatoms. The molecule has 2 aromatic rings. The summed E-state index contributed by atoms with van der Waals surface area (Å²) in [6.45, 7) is 5.74. The molecule has 2 rings (SSSR count). The van der Waals surface area contributed by atoms with Gasteiger partial charge in [0.25, 0.3) is 0 Å². The van der Waals surface area contributed by atoms with E-state index in [0.29, 0.717) is 11.4 Å². The highest BCUT2D eigenvalue weighted by Crippen LogP contribution is 2.28. The molecule has 0 atom stereocenters. The maximum atomic E-state index is 12.7. The number of carbonyl (C=O) groups is 1. The van der Waals surface area contributed by atoms with Crippen molar-refractivity contribution in [3.63, 3.8) is 0 Å². The molecule has 0 unspecified atom stereocenters. The molecule has 128 valence electrons. The minimum atomic E-state index is -3.31. The summed E-state index contributed by atoms with van der Waals surface area (Å²) in [5.74, 6) is -0.124. The lowest BCUT2D eigenvalue weighted by Crippen LogP contribution is -2.35. The van der Waals surface area contributed by atoms with Gasteiger partial charge in [-0.05, 0) is 56.2 Å². The Morgan fingerprint density at radius 2 is 1.50 bits per heavy atom. The second kappa shape index (κ2) is 6.65. The van der Waals surface area contributed by atoms with Gasteiger partial charge in [0.15, 0.2) is 0 Å². The third-order valence-corrected chi connectivity index (χ3v) is 4.44. The van der Waals surface area contributed by atoms with E-state index in [9.17, 15) is 13.2 Å². The second-order valence-corrected chi connectivity index (χ2v) is 8.09. The molecule has 0 aliphatic rings. The van der Waals surface area contributed by atoms with E-state index in [0.717, 1.165) is 17.4 Å². The van der Waals surface area contributed by atoms with E-state index in [1.807, 2.05) is 45.0 Å². The summed E-state index contributed by atoms with van der Waals surface area (Å²) in [5, 5.41) is 2.88. The SMILES string of the molecule is Cc1ccccc1C(C)(C)C(=O)Nc1ccc(NS(C)(=O)=O)cc1. The van der Waals surface area contributed by atoms with Crippen molar-refractivity contribution in [1.82, 2.24) is 0 Å². The van der Waals surface area contributed by atoms with Crippen LogP contribution in [0.1, 0.15) is 25.0 Å². The molecule has 0 fully saturated rings. The largest absolute Gasteiger partial charge is 0.325 e. The molecule has 5 nitrogen and oxygen atoms in total. The van der Waals surface area contributed by atoms with Crippen LogP contribution in [0.2, 0.25) is 0 Å². The lowest BCUT2D eigenvalue weighted by atomic mass is 9.81. The van der Waals surface area contributed by atoms with E-state index >= 15 is 0 Å². The summed E-state index contributed by atoms with van der Waals surface area (Å²) in [6.07, 6.45) is 1.09. The number of carbonyl (C=O) groups excluding carboxylic acids is 1. The Labute approximate surface area is 143 Å². The van der Waals surface area contributed by atoms with Gasteiger partial charge >= 0.3 is 0 Å². The van der Waals surface area contributed by atoms with Crippen molar-refractivity contribution < 1.29 is 13.2 Å². The Morgan fingerprint density at radius 3 is 2.04 bits per heavy atom. The molecule has 2 aromatic carbocycles. The van der Waals surface area contributed by atoms with E-state index in [1.54, 1.807) is 24.3 Å². The fraction of sp³-hybridized carbons (Fsp3) is 0.278. The van der Waals surface area contributed by atoms with E-state index in [4.69, 9.17) is 0 Å². The fourth-order valence-electron chi connectivity index (χ4n) is 2.52. The zero-order chi connectivity index (χ0) is 18.0. The van der Waals surface area contributed by atoms with E-state index in [1.165, 1.54) is 0 Å². The van der Waals surface area contributed by atoms with Gasteiger partial charge < -0.3 is 5.32 Å². The summed E-state index contributed by atoms with van der Waals surface area (Å²) in [7, 11) is -3.31. The normalized spacial score (nSPS) is 11.8. The lowest BCUT2D eigenvalue weighted by molar-refractivity contribution is -0.120. The number of sulfonamides is 1. The number of amides is 1. The minimum absolute atomic E-state index is 0.124. The first-order chi connectivity index (χ1) is 11.1. The second-order valence-electron chi connectivity index (χ2n) is 6.35. The van der Waals surface area contributed by atoms with Crippen LogP contribution in [-0.4, -0.2) is 20.6 Å². The van der Waals surface area contributed by atoms with Crippen LogP contribution >= 0.6 is 0 Å². The monoisotopic (exact) mass is 346 g/mol. The number of nitrogens with one attached hydrogen (secondary N) is 2. The van der Waals surface area contributed by atoms with Gasteiger partial charge in [-0.2, -0.15) is 0 Å². The highest BCUT2D eigenvalue weighted by Gasteiger charge is 2.31. The molecule has 0 saturated carbocycles. The molecule has 1 amide bonds. The number of benzene rings is 2. The summed E-state index contributed by atoms with van der Waals surface area (Å²) < 4.78 is 24.8. The Kier molecular flexibility index (Phi) is 4.99. The molecular formula is C18H22N2O3S. The third-order valence-electron chi connectivity index (χ3n) is 3.83. The first-order valence-corrected chi connectivity index (χ1v) is 9.44. The van der Waals surface area contributed by atoms with Crippen LogP contribution in [0, 0.1) is 6.92 Å². The molecule has 0 heterocycles. The van der Waals surface area contributed by atoms with Crippen LogP contribution in [0.15, 0.2) is 48.5 Å². The average molecular weight is 346 g/mol. The average Bonchev–Trinajstić information content (AvgIpc) is 2.48. The molecule has 0 bridgehead atoms. The zero-order valence-corrected chi connectivity index (χ0v) is 15.1. The summed E-state index contributed by atoms with van der Waals surface area (Å²) in [4.78, 5) is 12.7. The quantitative estimate of drug-likeness (QED) is 0.872. The fourth-order valence-corrected chi connectivity index (χ4v) is 3.08. The predicted molar refractivity (Wildman–Crippen MR) is 97.7 cm³/mol. The standard InChI is InChI=1S/C18H22N2O3S/c1-13-7-5-6-8-16(13)18(2,3)17(21)19-14-9-11-15(12-10-14)20-24(4,22)23/h5-12,20H,1-4H3,(H,19,21). The first kappa shape index (κ1) is 18.0. The maximum Gasteiger partial charge on any atom is 0.234 e. The van der Waals surface area contributed by atoms with Crippen LogP contribution in [0.4, 0.5) is 11.4 Å². The topological polar surface area (TPSA) is 75.3 Å². The number of aryl methyl sites for hydroxylation is 1. The molecule has 0 aliphatic heterocycles. The third kappa shape index (κ3) is 4.35. The molecule has 0 spiro atoms. The van der Waals surface area contributed by atoms with Crippen molar-refractivity contribution in [3.05, 3.63) is 59.7 Å². The van der Waals surface area contributed by atoms with Crippen molar-refractivity contribution in [3.8, 4) is 0 Å². The highest BCUT2D eigenvalue weighted by atomic mass is 32.2. The van der Waals surface area contributed by atoms with Gasteiger partial charge in [-0.25, -0.2) is 8.42 Å². The Hall–Kier alpha value is -2.34. The number of rotatable bonds is 5. The summed E-state index contributed by atoms with van der Waals surface area (Å²) in [5.41, 5.74) is 2.41. The van der Waals surface area contributed by atoms with Gasteiger partial charge in [0.2, 0.25) is 15.9 Å². The van der Waals surface area contributed by atoms with E-state index in [-0.39, 0.29) is 5.91 Å². The van der Waals surface area contributed by atoms with Gasteiger partial charge in [0.05, 0.1) is 11.7 Å². The van der Waals surface area contributed by atoms with Crippen LogP contribution in [0.3, 0.4) is 0 Å². The predicted octanol–water partition coefficient (Wildman–Crippen LogP) is 3.28. The van der Waals surface area contributed by atoms with Crippen molar-refractivity contribution in [2.45, 2.75) is 26.2 Å². The highest BCUT2D eigenvalue weighted by molar-refractivity contribution is 7.92. The number of hydrogen-bond donors (Lipinski definition) is 2. The summed E-state index contributed by atoms with van der Waals surface area (Å²) >= 11 is 0. The zero-order valence-electron chi connectivity index (χ0n) is 14.3. The molecule has 2 N–H and O–H groups in total. The van der Waals surface area contributed by atoms with Gasteiger partial charge in [-0.3, -0.25) is 9.52 Å². The van der Waals surface area contributed by atoms with Crippen LogP contribution in [0.5, 0.6) is 0 Å². The maximum absolute atomic E-state index is 12.7. The number of hydrogen-bond acceptors (Lipinski definition) is 3. The van der Waals surface area contributed by atoms with Crippen molar-refractivity contribution in [2.75, 3.05) is 16.3 Å². The van der Waals surface area contributed by atoms with Crippen molar-refractivity contribution in [2.24, 2.45) is 0 Å². The number of anilines is 2. The van der Waals surface area contributed by atoms with Crippen LogP contribution in [-0.2, 0) is 20.2 Å². The molecule has 0 radical (unpaired) electrons. The first-order valence-electron chi connectivity index (χ1n) is 7.55. The lowest BCUT2D eigenvalue weighted by Gasteiger charge is -2.26. The van der Waals surface area contributed by atoms with Gasteiger partial charge in [0.1, 0.15) is 0 Å². The molecule has 0 saturated heterocycles. The Morgan fingerprint density at radius 1 is 0.958 bits per heavy atom. The van der Waals surface area contributed by atoms with Gasteiger partial charge in [-0.1, -0.05) is 24.3 Å². The Bertz CT molecular complexity index is 841. The van der Waals surface area contributed by atoms with Gasteiger partial charge in [0, 0.05) is 11.4 Å². The summed E-state index contributed by atoms with van der Waals surface area (Å²) in [6, 6.07) is 14.3. The Balaban J connectivity index is 2.16. The van der Waals surface area contributed by atoms with Crippen LogP contribution < -0.4 is 10.0 Å². The molecule has 0 aromatic heterocycles. The molecule has 24 heavy (non-hydrogen) atoms. The van der Waals surface area contributed by atoms with Crippen molar-refractivity contribution in [1.29, 1.82) is 0 Å².